The fourth-order valence-corrected chi connectivity index (χ4v) is 8.92. The monoisotopic (exact) mass is 793 g/mol. The lowest BCUT2D eigenvalue weighted by molar-refractivity contribution is 0.172. The van der Waals surface area contributed by atoms with Crippen LogP contribution in [0.4, 0.5) is 0 Å². The second-order valence-corrected chi connectivity index (χ2v) is 20.1. The highest BCUT2D eigenvalue weighted by Gasteiger charge is 2.29. The molecule has 46 heavy (non-hydrogen) atoms. The van der Waals surface area contributed by atoms with Gasteiger partial charge in [0.1, 0.15) is 37.7 Å². The first-order valence-electron chi connectivity index (χ1n) is 13.0. The summed E-state index contributed by atoms with van der Waals surface area (Å²) in [5, 5.41) is 0. The van der Waals surface area contributed by atoms with Crippen molar-refractivity contribution in [2.24, 2.45) is 0 Å². The number of rotatable bonds is 26. The standard InChI is InChI=1S/C17H45N5O18P6/c1-2-3-18(12-41(23,24)25)4-5-19(13-42(26,27)28)6-7-20(14-43(29,30)31)8-9-21(15-44(32,33)34)10-11-22(16-45(35,36)37)17-46(38,39)40/h2H,1,3-17H2,(H2,23,24,25)(H2,26,27,28)(H2,29,30,31)(H2,32,33,34)(H2,35,36,37)(H2,38,39,40). The van der Waals surface area contributed by atoms with Gasteiger partial charge < -0.3 is 58.7 Å². The normalized spacial score (nSPS) is 14.4. The highest BCUT2D eigenvalue weighted by atomic mass is 31.2. The molecule has 0 aliphatic carbocycles. The molecular formula is C17H45N5O18P6. The molecule has 0 saturated heterocycles. The maximum absolute atomic E-state index is 11.8. The third-order valence-electron chi connectivity index (χ3n) is 5.62. The predicted molar refractivity (Wildman–Crippen MR) is 165 cm³/mol. The van der Waals surface area contributed by atoms with Gasteiger partial charge in [-0.3, -0.25) is 51.9 Å². The summed E-state index contributed by atoms with van der Waals surface area (Å²) < 4.78 is 69.6. The van der Waals surface area contributed by atoms with Gasteiger partial charge in [0.05, 0.1) is 0 Å². The summed E-state index contributed by atoms with van der Waals surface area (Å²) in [6, 6.07) is 0. The molecule has 0 atom stereocenters. The fraction of sp³-hybridized carbons (Fsp3) is 0.882. The highest BCUT2D eigenvalue weighted by Crippen LogP contribution is 2.41. The summed E-state index contributed by atoms with van der Waals surface area (Å²) in [4.78, 5) is 118. The van der Waals surface area contributed by atoms with Crippen LogP contribution in [0.5, 0.6) is 0 Å². The molecule has 0 rings (SSSR count). The van der Waals surface area contributed by atoms with Crippen molar-refractivity contribution in [3.05, 3.63) is 12.7 Å². The Hall–Kier alpha value is 0.440. The molecule has 0 unspecified atom stereocenters. The number of hydrogen-bond donors (Lipinski definition) is 12. The Balaban J connectivity index is 5.85. The molecule has 0 radical (unpaired) electrons. The van der Waals surface area contributed by atoms with Crippen molar-refractivity contribution in [1.82, 2.24) is 24.5 Å². The maximum atomic E-state index is 11.8. The largest absolute Gasteiger partial charge is 0.339 e. The molecule has 0 heterocycles. The van der Waals surface area contributed by atoms with Crippen molar-refractivity contribution in [2.45, 2.75) is 0 Å². The molecule has 0 aromatic carbocycles. The van der Waals surface area contributed by atoms with E-state index in [0.717, 1.165) is 9.80 Å². The minimum Gasteiger partial charge on any atom is -0.324 e. The summed E-state index contributed by atoms with van der Waals surface area (Å²) in [7, 11) is -28.4. The van der Waals surface area contributed by atoms with E-state index < -0.39 is 96.4 Å². The van der Waals surface area contributed by atoms with Gasteiger partial charge in [-0.2, -0.15) is 0 Å². The average molecular weight is 793 g/mol. The Morgan fingerprint density at radius 3 is 0.739 bits per heavy atom. The molecule has 0 aliphatic rings. The second-order valence-electron chi connectivity index (χ2n) is 10.5. The van der Waals surface area contributed by atoms with Crippen molar-refractivity contribution < 1.29 is 86.1 Å². The lowest BCUT2D eigenvalue weighted by Gasteiger charge is -2.32. The molecule has 12 N–H and O–H groups in total. The van der Waals surface area contributed by atoms with E-state index in [1.165, 1.54) is 15.9 Å². The average Bonchev–Trinajstić information content (AvgIpc) is 2.76. The zero-order valence-electron chi connectivity index (χ0n) is 24.6. The summed E-state index contributed by atoms with van der Waals surface area (Å²) >= 11 is 0. The van der Waals surface area contributed by atoms with E-state index in [2.05, 4.69) is 6.58 Å². The molecule has 0 aromatic heterocycles. The summed E-state index contributed by atoms with van der Waals surface area (Å²) in [5.41, 5.74) is 0. The van der Waals surface area contributed by atoms with Gasteiger partial charge in [-0.25, -0.2) is 0 Å². The van der Waals surface area contributed by atoms with Gasteiger partial charge in [-0.05, 0) is 0 Å². The van der Waals surface area contributed by atoms with Gasteiger partial charge in [0.25, 0.3) is 0 Å². The predicted octanol–water partition coefficient (Wildman–Crippen LogP) is -2.51. The van der Waals surface area contributed by atoms with Gasteiger partial charge in [0.2, 0.25) is 0 Å². The minimum atomic E-state index is -4.82. The van der Waals surface area contributed by atoms with Gasteiger partial charge in [0, 0.05) is 58.9 Å². The van der Waals surface area contributed by atoms with Crippen LogP contribution in [-0.4, -0.2) is 180 Å². The molecule has 0 fully saturated rings. The summed E-state index contributed by atoms with van der Waals surface area (Å²) in [6.07, 6.45) is -4.16. The Morgan fingerprint density at radius 2 is 0.522 bits per heavy atom. The lowest BCUT2D eigenvalue weighted by Crippen LogP contribution is -2.44. The molecule has 0 aliphatic heterocycles. The summed E-state index contributed by atoms with van der Waals surface area (Å²) in [5.74, 6) is 0. The van der Waals surface area contributed by atoms with Gasteiger partial charge >= 0.3 is 45.6 Å². The molecule has 0 saturated carbocycles. The zero-order valence-corrected chi connectivity index (χ0v) is 30.0. The molecule has 0 aromatic rings. The van der Waals surface area contributed by atoms with E-state index in [4.69, 9.17) is 0 Å². The van der Waals surface area contributed by atoms with Crippen LogP contribution >= 0.6 is 45.6 Å². The topological polar surface area (TPSA) is 361 Å². The van der Waals surface area contributed by atoms with Crippen molar-refractivity contribution in [2.75, 3.05) is 96.6 Å². The van der Waals surface area contributed by atoms with Crippen molar-refractivity contribution in [3.63, 3.8) is 0 Å². The Bertz CT molecular complexity index is 1200. The fourth-order valence-electron chi connectivity index (χ4n) is 4.04. The smallest absolute Gasteiger partial charge is 0.324 e. The number of nitrogens with zero attached hydrogens (tertiary/aromatic N) is 5. The van der Waals surface area contributed by atoms with E-state index in [1.807, 2.05) is 0 Å². The van der Waals surface area contributed by atoms with E-state index >= 15 is 0 Å². The van der Waals surface area contributed by atoms with Crippen molar-refractivity contribution >= 4 is 45.6 Å². The third kappa shape index (κ3) is 29.4. The molecule has 0 bridgehead atoms. The molecule has 0 amide bonds. The Morgan fingerprint density at radius 1 is 0.348 bits per heavy atom. The van der Waals surface area contributed by atoms with Crippen molar-refractivity contribution in [3.8, 4) is 0 Å². The van der Waals surface area contributed by atoms with Gasteiger partial charge in [-0.1, -0.05) is 6.08 Å². The van der Waals surface area contributed by atoms with Gasteiger partial charge in [0.15, 0.2) is 0 Å². The zero-order chi connectivity index (χ0) is 36.2. The highest BCUT2D eigenvalue weighted by molar-refractivity contribution is 7.53. The molecule has 0 spiro atoms. The van der Waals surface area contributed by atoms with E-state index in [9.17, 15) is 86.1 Å². The van der Waals surface area contributed by atoms with E-state index in [0.29, 0.717) is 4.90 Å². The van der Waals surface area contributed by atoms with Crippen LogP contribution in [0.15, 0.2) is 12.7 Å². The molecule has 23 nitrogen and oxygen atoms in total. The van der Waals surface area contributed by atoms with Crippen molar-refractivity contribution in [1.29, 1.82) is 0 Å². The first-order chi connectivity index (χ1) is 20.5. The van der Waals surface area contributed by atoms with Crippen LogP contribution in [0.1, 0.15) is 0 Å². The Kier molecular flexibility index (Phi) is 19.9. The molecular weight excluding hydrogens is 748 g/mol. The first-order valence-corrected chi connectivity index (χ1v) is 23.7. The van der Waals surface area contributed by atoms with E-state index in [1.54, 1.807) is 0 Å². The van der Waals surface area contributed by atoms with Crippen LogP contribution in [0.2, 0.25) is 0 Å². The van der Waals surface area contributed by atoms with Gasteiger partial charge in [-0.15, -0.1) is 6.58 Å². The van der Waals surface area contributed by atoms with Crippen LogP contribution in [-0.2, 0) is 27.4 Å². The SMILES string of the molecule is C=CCN(CCN(CCN(CCN(CCN(CP(=O)(O)O)CP(=O)(O)O)CP(=O)(O)O)CP(=O)(O)O)CP(=O)(O)O)CP(=O)(O)O. The summed E-state index contributed by atoms with van der Waals surface area (Å²) in [6.45, 7) is 1.22. The third-order valence-corrected chi connectivity index (χ3v) is 10.2. The minimum absolute atomic E-state index is 0.0222. The van der Waals surface area contributed by atoms with E-state index in [-0.39, 0.29) is 45.8 Å². The van der Waals surface area contributed by atoms with Crippen LogP contribution < -0.4 is 0 Å². The molecule has 276 valence electrons. The second kappa shape index (κ2) is 19.7. The molecule has 29 heteroatoms. The van der Waals surface area contributed by atoms with Crippen LogP contribution in [0.3, 0.4) is 0 Å². The van der Waals surface area contributed by atoms with Crippen LogP contribution in [0, 0.1) is 0 Å². The van der Waals surface area contributed by atoms with Crippen LogP contribution in [0.25, 0.3) is 0 Å². The lowest BCUT2D eigenvalue weighted by atomic mass is 10.4. The Labute approximate surface area is 265 Å². The first kappa shape index (κ1) is 46.4. The quantitative estimate of drug-likeness (QED) is 0.0318. The number of hydrogen-bond acceptors (Lipinski definition) is 11. The maximum Gasteiger partial charge on any atom is 0.339 e.